The van der Waals surface area contributed by atoms with E-state index in [1.807, 2.05) is 0 Å². The van der Waals surface area contributed by atoms with Gasteiger partial charge in [0.2, 0.25) is 11.8 Å². The summed E-state index contributed by atoms with van der Waals surface area (Å²) in [6.07, 6.45) is -1.47. The fourth-order valence-corrected chi connectivity index (χ4v) is 3.60. The minimum Gasteiger partial charge on any atom is -0.444 e. The van der Waals surface area contributed by atoms with E-state index in [1.54, 1.807) is 65.8 Å². The Morgan fingerprint density at radius 2 is 1.79 bits per heavy atom. The fourth-order valence-electron chi connectivity index (χ4n) is 3.47. The number of aliphatic hydroxyl groups is 1. The molecule has 1 unspecified atom stereocenters. The molecular weight excluding hydrogens is 458 g/mol. The first-order valence-electron chi connectivity index (χ1n) is 11.2. The molecule has 1 heterocycles. The molecule has 1 aliphatic rings. The van der Waals surface area contributed by atoms with E-state index < -0.39 is 47.1 Å². The monoisotopic (exact) mass is 491 g/mol. The molecule has 34 heavy (non-hydrogen) atoms. The zero-order valence-electron chi connectivity index (χ0n) is 20.6. The summed E-state index contributed by atoms with van der Waals surface area (Å²) in [5.41, 5.74) is -0.630. The van der Waals surface area contributed by atoms with Gasteiger partial charge in [-0.05, 0) is 50.5 Å². The number of aliphatic hydroxyl groups excluding tert-OH is 1. The number of carbonyl (C=O) groups is 3. The van der Waals surface area contributed by atoms with Crippen molar-refractivity contribution in [1.82, 2.24) is 15.5 Å². The zero-order valence-corrected chi connectivity index (χ0v) is 21.3. The number of carbonyl (C=O) groups excluding carboxylic acids is 3. The van der Waals surface area contributed by atoms with Crippen LogP contribution in [0.5, 0.6) is 0 Å². The Bertz CT molecular complexity index is 954. The molecule has 0 saturated carbocycles. The second kappa shape index (κ2) is 11.1. The molecule has 186 valence electrons. The second-order valence-electron chi connectivity index (χ2n) is 10.4. The maximum absolute atomic E-state index is 13.4. The van der Waals surface area contributed by atoms with Crippen LogP contribution in [-0.4, -0.2) is 64.8 Å². The third-order valence-corrected chi connectivity index (χ3v) is 5.32. The lowest BCUT2D eigenvalue weighted by Crippen LogP contribution is -2.58. The van der Waals surface area contributed by atoms with Crippen molar-refractivity contribution in [3.8, 4) is 11.8 Å². The largest absolute Gasteiger partial charge is 0.444 e. The minimum atomic E-state index is -0.951. The molecule has 1 fully saturated rings. The molecule has 0 aromatic heterocycles. The van der Waals surface area contributed by atoms with Crippen molar-refractivity contribution in [3.05, 3.63) is 34.9 Å². The summed E-state index contributed by atoms with van der Waals surface area (Å²) in [7, 11) is 0. The summed E-state index contributed by atoms with van der Waals surface area (Å²) in [4.78, 5) is 39.9. The number of amides is 3. The topological polar surface area (TPSA) is 108 Å². The number of likely N-dealkylation sites (tertiary alicyclic amines) is 1. The lowest BCUT2D eigenvalue weighted by atomic mass is 9.85. The van der Waals surface area contributed by atoms with Crippen LogP contribution >= 0.6 is 11.6 Å². The van der Waals surface area contributed by atoms with Gasteiger partial charge in [-0.15, -0.1) is 0 Å². The van der Waals surface area contributed by atoms with Gasteiger partial charge in [0.25, 0.3) is 0 Å². The van der Waals surface area contributed by atoms with Gasteiger partial charge in [0.05, 0.1) is 12.6 Å². The Morgan fingerprint density at radius 3 is 2.35 bits per heavy atom. The molecule has 3 amide bonds. The van der Waals surface area contributed by atoms with Crippen molar-refractivity contribution >= 4 is 29.5 Å². The lowest BCUT2D eigenvalue weighted by Gasteiger charge is -2.35. The molecule has 1 aromatic carbocycles. The fraction of sp³-hybridized carbons (Fsp3) is 0.560. The molecular formula is C25H34ClN3O5. The zero-order chi connectivity index (χ0) is 25.7. The summed E-state index contributed by atoms with van der Waals surface area (Å²) in [6.45, 7) is 10.7. The molecule has 1 saturated heterocycles. The summed E-state index contributed by atoms with van der Waals surface area (Å²) in [6, 6.07) is 5.18. The van der Waals surface area contributed by atoms with Gasteiger partial charge in [-0.25, -0.2) is 4.79 Å². The van der Waals surface area contributed by atoms with E-state index in [0.29, 0.717) is 5.02 Å². The molecule has 0 spiro atoms. The van der Waals surface area contributed by atoms with Crippen LogP contribution in [0.1, 0.15) is 53.5 Å². The van der Waals surface area contributed by atoms with Gasteiger partial charge in [-0.1, -0.05) is 44.2 Å². The number of nitrogens with zero attached hydrogens (tertiary/aromatic N) is 1. The van der Waals surface area contributed by atoms with Crippen molar-refractivity contribution in [1.29, 1.82) is 0 Å². The Morgan fingerprint density at radius 1 is 1.18 bits per heavy atom. The van der Waals surface area contributed by atoms with Crippen LogP contribution in [0.4, 0.5) is 4.79 Å². The number of β-amino-alcohol motifs (C(OH)–C–C–N with tert-alkyl or cyclic N) is 1. The number of alkyl carbamates (subject to hydrolysis) is 1. The summed E-state index contributed by atoms with van der Waals surface area (Å²) < 4.78 is 5.31. The minimum absolute atomic E-state index is 0.00402. The van der Waals surface area contributed by atoms with Crippen molar-refractivity contribution in [2.45, 2.75) is 71.8 Å². The Balaban J connectivity index is 2.08. The molecule has 8 nitrogen and oxygen atoms in total. The molecule has 0 aliphatic carbocycles. The quantitative estimate of drug-likeness (QED) is 0.561. The number of hydrogen-bond acceptors (Lipinski definition) is 5. The van der Waals surface area contributed by atoms with Gasteiger partial charge in [0.15, 0.2) is 0 Å². The van der Waals surface area contributed by atoms with Crippen LogP contribution < -0.4 is 10.6 Å². The predicted octanol–water partition coefficient (Wildman–Crippen LogP) is 2.71. The summed E-state index contributed by atoms with van der Waals surface area (Å²) in [5.74, 6) is 4.91. The van der Waals surface area contributed by atoms with Crippen LogP contribution in [0.2, 0.25) is 5.02 Å². The van der Waals surface area contributed by atoms with Crippen LogP contribution in [0.25, 0.3) is 0 Å². The number of rotatable bonds is 4. The van der Waals surface area contributed by atoms with Gasteiger partial charge in [0.1, 0.15) is 17.7 Å². The highest BCUT2D eigenvalue weighted by molar-refractivity contribution is 6.30. The Hall–Kier alpha value is -2.76. The van der Waals surface area contributed by atoms with Crippen LogP contribution in [-0.2, 0) is 14.3 Å². The van der Waals surface area contributed by atoms with Gasteiger partial charge in [0, 0.05) is 23.6 Å². The smallest absolute Gasteiger partial charge is 0.408 e. The van der Waals surface area contributed by atoms with Crippen molar-refractivity contribution < 1.29 is 24.2 Å². The van der Waals surface area contributed by atoms with Crippen LogP contribution in [0.3, 0.4) is 0 Å². The van der Waals surface area contributed by atoms with E-state index in [9.17, 15) is 19.5 Å². The highest BCUT2D eigenvalue weighted by Gasteiger charge is 2.44. The number of nitrogens with one attached hydrogen (secondary N) is 2. The average molecular weight is 492 g/mol. The third-order valence-electron chi connectivity index (χ3n) is 5.07. The van der Waals surface area contributed by atoms with E-state index in [1.165, 1.54) is 4.90 Å². The molecule has 3 atom stereocenters. The normalized spacial score (nSPS) is 19.0. The van der Waals surface area contributed by atoms with Gasteiger partial charge in [-0.3, -0.25) is 9.59 Å². The summed E-state index contributed by atoms with van der Waals surface area (Å²) >= 11 is 5.86. The molecule has 2 rings (SSSR count). The maximum Gasteiger partial charge on any atom is 0.408 e. The van der Waals surface area contributed by atoms with Crippen LogP contribution in [0, 0.1) is 17.3 Å². The standard InChI is InChI=1S/C25H34ClN3O5/c1-24(2,3)20(28-23(33)34-25(4,5)6)22(32)29-15-18(30)14-19(29)21(31)27-13-7-8-16-9-11-17(26)12-10-16/h9-12,18-20,30H,13-15H2,1-6H3,(H,27,31)(H,28,33)/t18-,19+,20?/m1/s1. The van der Waals surface area contributed by atoms with Gasteiger partial charge in [-0.2, -0.15) is 0 Å². The molecule has 0 radical (unpaired) electrons. The Labute approximate surface area is 206 Å². The number of hydrogen-bond donors (Lipinski definition) is 3. The molecule has 3 N–H and O–H groups in total. The van der Waals surface area contributed by atoms with E-state index in [2.05, 4.69) is 22.5 Å². The SMILES string of the molecule is CC(C)(C)OC(=O)NC(C(=O)N1C[C@H](O)C[C@H]1C(=O)NCC#Cc1ccc(Cl)cc1)C(C)(C)C. The molecule has 1 aromatic rings. The first kappa shape index (κ1) is 27.5. The molecule has 0 bridgehead atoms. The molecule has 1 aliphatic heterocycles. The number of ether oxygens (including phenoxy) is 1. The average Bonchev–Trinajstić information content (AvgIpc) is 3.10. The van der Waals surface area contributed by atoms with Crippen molar-refractivity contribution in [2.75, 3.05) is 13.1 Å². The molecule has 9 heteroatoms. The first-order valence-corrected chi connectivity index (χ1v) is 11.6. The van der Waals surface area contributed by atoms with Crippen LogP contribution in [0.15, 0.2) is 24.3 Å². The summed E-state index contributed by atoms with van der Waals surface area (Å²) in [5, 5.41) is 16.2. The van der Waals surface area contributed by atoms with Gasteiger partial charge >= 0.3 is 6.09 Å². The van der Waals surface area contributed by atoms with E-state index >= 15 is 0 Å². The lowest BCUT2D eigenvalue weighted by molar-refractivity contribution is -0.142. The Kier molecular flexibility index (Phi) is 8.98. The first-order chi connectivity index (χ1) is 15.7. The predicted molar refractivity (Wildman–Crippen MR) is 130 cm³/mol. The van der Waals surface area contributed by atoms with Gasteiger partial charge < -0.3 is 25.4 Å². The van der Waals surface area contributed by atoms with E-state index in [0.717, 1.165) is 5.56 Å². The number of benzene rings is 1. The van der Waals surface area contributed by atoms with E-state index in [4.69, 9.17) is 16.3 Å². The third kappa shape index (κ3) is 8.23. The highest BCUT2D eigenvalue weighted by Crippen LogP contribution is 2.26. The number of halogens is 1. The van der Waals surface area contributed by atoms with Crippen molar-refractivity contribution in [3.63, 3.8) is 0 Å². The van der Waals surface area contributed by atoms with Crippen molar-refractivity contribution in [2.24, 2.45) is 5.41 Å². The van der Waals surface area contributed by atoms with E-state index in [-0.39, 0.29) is 19.5 Å². The highest BCUT2D eigenvalue weighted by atomic mass is 35.5. The second-order valence-corrected chi connectivity index (χ2v) is 10.8. The maximum atomic E-state index is 13.4.